The Bertz CT molecular complexity index is 901. The molecule has 1 N–H and O–H groups in total. The van der Waals surface area contributed by atoms with E-state index in [1.807, 2.05) is 30.3 Å². The molecule has 0 spiro atoms. The summed E-state index contributed by atoms with van der Waals surface area (Å²) in [5.41, 5.74) is 0.310. The Kier molecular flexibility index (Phi) is 7.22. The first-order valence-electron chi connectivity index (χ1n) is 8.22. The van der Waals surface area contributed by atoms with Gasteiger partial charge in [-0.25, -0.2) is 4.79 Å². The Morgan fingerprint density at radius 1 is 1.18 bits per heavy atom. The molecule has 0 radical (unpaired) electrons. The SMILES string of the molecule is CC(=O)C(Cc1ccccc1)NC(=O)COC(=O)c1ccc(Cl)c([N+](=O)[O-])c1. The first kappa shape index (κ1) is 21.0. The molecule has 146 valence electrons. The van der Waals surface area contributed by atoms with Crippen LogP contribution in [0.25, 0.3) is 0 Å². The lowest BCUT2D eigenvalue weighted by Gasteiger charge is -2.16. The fourth-order valence-electron chi connectivity index (χ4n) is 2.38. The van der Waals surface area contributed by atoms with Crippen molar-refractivity contribution in [1.82, 2.24) is 5.32 Å². The molecule has 0 aliphatic carbocycles. The quantitative estimate of drug-likeness (QED) is 0.411. The van der Waals surface area contributed by atoms with Crippen LogP contribution < -0.4 is 5.32 Å². The topological polar surface area (TPSA) is 116 Å². The average molecular weight is 405 g/mol. The van der Waals surface area contributed by atoms with Crippen molar-refractivity contribution in [1.29, 1.82) is 0 Å². The molecule has 2 rings (SSSR count). The standard InChI is InChI=1S/C19H17ClN2O6/c1-12(23)16(9-13-5-3-2-4-6-13)21-18(24)11-28-19(25)14-7-8-15(20)17(10-14)22(26)27/h2-8,10,16H,9,11H2,1H3,(H,21,24). The summed E-state index contributed by atoms with van der Waals surface area (Å²) in [7, 11) is 0. The molecule has 0 aromatic heterocycles. The van der Waals surface area contributed by atoms with Crippen molar-refractivity contribution >= 4 is 34.9 Å². The number of benzene rings is 2. The summed E-state index contributed by atoms with van der Waals surface area (Å²) in [5, 5.41) is 13.3. The smallest absolute Gasteiger partial charge is 0.338 e. The normalized spacial score (nSPS) is 11.4. The largest absolute Gasteiger partial charge is 0.452 e. The molecule has 0 saturated carbocycles. The van der Waals surface area contributed by atoms with Gasteiger partial charge in [0, 0.05) is 6.07 Å². The number of carbonyl (C=O) groups excluding carboxylic acids is 3. The molecule has 0 aliphatic rings. The van der Waals surface area contributed by atoms with Gasteiger partial charge in [0.1, 0.15) is 5.02 Å². The number of nitrogens with zero attached hydrogens (tertiary/aromatic N) is 1. The van der Waals surface area contributed by atoms with Crippen LogP contribution in [0.3, 0.4) is 0 Å². The van der Waals surface area contributed by atoms with Crippen LogP contribution in [0, 0.1) is 10.1 Å². The zero-order chi connectivity index (χ0) is 20.7. The third-order valence-electron chi connectivity index (χ3n) is 3.82. The molecule has 0 fully saturated rings. The minimum atomic E-state index is -0.919. The van der Waals surface area contributed by atoms with Gasteiger partial charge in [-0.2, -0.15) is 0 Å². The lowest BCUT2D eigenvalue weighted by molar-refractivity contribution is -0.384. The van der Waals surface area contributed by atoms with Gasteiger partial charge in [0.25, 0.3) is 11.6 Å². The number of hydrogen-bond acceptors (Lipinski definition) is 6. The van der Waals surface area contributed by atoms with Crippen LogP contribution in [0.1, 0.15) is 22.8 Å². The van der Waals surface area contributed by atoms with Gasteiger partial charge < -0.3 is 10.1 Å². The first-order valence-corrected chi connectivity index (χ1v) is 8.60. The van der Waals surface area contributed by atoms with Crippen molar-refractivity contribution in [2.75, 3.05) is 6.61 Å². The Labute approximate surface area is 165 Å². The number of Topliss-reactive ketones (excluding diaryl/α,β-unsaturated/α-hetero) is 1. The maximum absolute atomic E-state index is 12.0. The van der Waals surface area contributed by atoms with E-state index in [-0.39, 0.29) is 16.4 Å². The molecule has 2 aromatic carbocycles. The summed E-state index contributed by atoms with van der Waals surface area (Å²) < 4.78 is 4.87. The number of halogens is 1. The Morgan fingerprint density at radius 3 is 2.46 bits per heavy atom. The summed E-state index contributed by atoms with van der Waals surface area (Å²) >= 11 is 5.69. The van der Waals surface area contributed by atoms with Gasteiger partial charge >= 0.3 is 5.97 Å². The number of nitro benzene ring substituents is 1. The van der Waals surface area contributed by atoms with E-state index in [0.717, 1.165) is 11.6 Å². The number of carbonyl (C=O) groups is 3. The Morgan fingerprint density at radius 2 is 1.86 bits per heavy atom. The second-order valence-electron chi connectivity index (χ2n) is 5.92. The fraction of sp³-hybridized carbons (Fsp3) is 0.211. The van der Waals surface area contributed by atoms with Crippen LogP contribution in [0.2, 0.25) is 5.02 Å². The van der Waals surface area contributed by atoms with Crippen LogP contribution >= 0.6 is 11.6 Å². The van der Waals surface area contributed by atoms with Gasteiger partial charge in [0.2, 0.25) is 0 Å². The predicted molar refractivity (Wildman–Crippen MR) is 101 cm³/mol. The van der Waals surface area contributed by atoms with Crippen molar-refractivity contribution < 1.29 is 24.0 Å². The fourth-order valence-corrected chi connectivity index (χ4v) is 2.56. The number of rotatable bonds is 8. The number of ketones is 1. The highest BCUT2D eigenvalue weighted by Gasteiger charge is 2.20. The summed E-state index contributed by atoms with van der Waals surface area (Å²) in [5.74, 6) is -1.82. The van der Waals surface area contributed by atoms with E-state index in [1.54, 1.807) is 0 Å². The number of esters is 1. The molecule has 8 nitrogen and oxygen atoms in total. The van der Waals surface area contributed by atoms with Crippen LogP contribution in [-0.4, -0.2) is 35.2 Å². The highest BCUT2D eigenvalue weighted by Crippen LogP contribution is 2.25. The van der Waals surface area contributed by atoms with Crippen LogP contribution in [-0.2, 0) is 20.7 Å². The van der Waals surface area contributed by atoms with Gasteiger partial charge in [-0.1, -0.05) is 41.9 Å². The van der Waals surface area contributed by atoms with Crippen molar-refractivity contribution in [2.45, 2.75) is 19.4 Å². The molecule has 0 aliphatic heterocycles. The van der Waals surface area contributed by atoms with Crippen molar-refractivity contribution in [3.63, 3.8) is 0 Å². The van der Waals surface area contributed by atoms with E-state index in [0.29, 0.717) is 6.42 Å². The molecule has 2 aromatic rings. The molecule has 1 atom stereocenters. The highest BCUT2D eigenvalue weighted by atomic mass is 35.5. The van der Waals surface area contributed by atoms with Gasteiger partial charge in [0.15, 0.2) is 12.4 Å². The number of hydrogen-bond donors (Lipinski definition) is 1. The van der Waals surface area contributed by atoms with E-state index in [4.69, 9.17) is 16.3 Å². The molecular weight excluding hydrogens is 388 g/mol. The minimum Gasteiger partial charge on any atom is -0.452 e. The highest BCUT2D eigenvalue weighted by molar-refractivity contribution is 6.32. The Balaban J connectivity index is 1.95. The third kappa shape index (κ3) is 5.88. The monoisotopic (exact) mass is 404 g/mol. The van der Waals surface area contributed by atoms with Gasteiger partial charge in [-0.3, -0.25) is 19.7 Å². The van der Waals surface area contributed by atoms with Gasteiger partial charge in [-0.05, 0) is 31.0 Å². The number of nitro groups is 1. The second kappa shape index (κ2) is 9.61. The molecule has 28 heavy (non-hydrogen) atoms. The van der Waals surface area contributed by atoms with E-state index < -0.39 is 35.1 Å². The van der Waals surface area contributed by atoms with Crippen LogP contribution in [0.15, 0.2) is 48.5 Å². The molecule has 9 heteroatoms. The zero-order valence-electron chi connectivity index (χ0n) is 14.9. The maximum Gasteiger partial charge on any atom is 0.338 e. The van der Waals surface area contributed by atoms with Crippen LogP contribution in [0.4, 0.5) is 5.69 Å². The maximum atomic E-state index is 12.0. The minimum absolute atomic E-state index is 0.115. The van der Waals surface area contributed by atoms with Crippen molar-refractivity contribution in [2.24, 2.45) is 0 Å². The summed E-state index contributed by atoms with van der Waals surface area (Å²) in [6.45, 7) is 0.723. The molecule has 1 unspecified atom stereocenters. The van der Waals surface area contributed by atoms with Crippen molar-refractivity contribution in [3.8, 4) is 0 Å². The van der Waals surface area contributed by atoms with E-state index in [1.165, 1.54) is 19.1 Å². The van der Waals surface area contributed by atoms with Gasteiger partial charge in [-0.15, -0.1) is 0 Å². The first-order chi connectivity index (χ1) is 13.3. The predicted octanol–water partition coefficient (Wildman–Crippen LogP) is 2.72. The summed E-state index contributed by atoms with van der Waals surface area (Å²) in [6.07, 6.45) is 0.305. The summed E-state index contributed by atoms with van der Waals surface area (Å²) in [6, 6.07) is 11.8. The number of amides is 1. The van der Waals surface area contributed by atoms with E-state index in [9.17, 15) is 24.5 Å². The molecular formula is C19H17ClN2O6. The lowest BCUT2D eigenvalue weighted by atomic mass is 10.0. The number of ether oxygens (including phenoxy) is 1. The average Bonchev–Trinajstić information content (AvgIpc) is 2.66. The molecule has 1 amide bonds. The number of nitrogens with one attached hydrogen (secondary N) is 1. The molecule has 0 heterocycles. The Hall–Kier alpha value is -3.26. The molecule has 0 bridgehead atoms. The second-order valence-corrected chi connectivity index (χ2v) is 6.33. The lowest BCUT2D eigenvalue weighted by Crippen LogP contribution is -2.43. The zero-order valence-corrected chi connectivity index (χ0v) is 15.6. The third-order valence-corrected chi connectivity index (χ3v) is 4.14. The van der Waals surface area contributed by atoms with E-state index >= 15 is 0 Å². The van der Waals surface area contributed by atoms with Gasteiger partial charge in [0.05, 0.1) is 16.5 Å². The van der Waals surface area contributed by atoms with Crippen molar-refractivity contribution in [3.05, 3.63) is 74.8 Å². The van der Waals surface area contributed by atoms with E-state index in [2.05, 4.69) is 5.32 Å². The summed E-state index contributed by atoms with van der Waals surface area (Å²) in [4.78, 5) is 46.0. The molecule has 0 saturated heterocycles. The van der Waals surface area contributed by atoms with Crippen LogP contribution in [0.5, 0.6) is 0 Å².